The molecule has 128 valence electrons. The predicted molar refractivity (Wildman–Crippen MR) is 88.1 cm³/mol. The number of hydrogen-bond donors (Lipinski definition) is 2. The Bertz CT molecular complexity index is 693. The minimum atomic E-state index is -1.12. The van der Waals surface area contributed by atoms with Crippen molar-refractivity contribution in [2.75, 3.05) is 13.2 Å². The first kappa shape index (κ1) is 18.0. The summed E-state index contributed by atoms with van der Waals surface area (Å²) in [6, 6.07) is 10.8. The molecule has 0 unspecified atom stereocenters. The van der Waals surface area contributed by atoms with E-state index in [0.29, 0.717) is 22.8 Å². The summed E-state index contributed by atoms with van der Waals surface area (Å²) >= 11 is 5.78. The van der Waals surface area contributed by atoms with Crippen molar-refractivity contribution >= 4 is 17.7 Å². The Labute approximate surface area is 143 Å². The molecular formula is C17H17ClFNO4. The van der Waals surface area contributed by atoms with Gasteiger partial charge in [0.2, 0.25) is 0 Å². The van der Waals surface area contributed by atoms with E-state index < -0.39 is 11.9 Å². The third-order valence-electron chi connectivity index (χ3n) is 3.27. The molecule has 24 heavy (non-hydrogen) atoms. The Morgan fingerprint density at radius 1 is 1.21 bits per heavy atom. The number of rotatable bonds is 7. The number of halogens is 2. The number of hydrogen-bond acceptors (Lipinski definition) is 3. The highest BCUT2D eigenvalue weighted by molar-refractivity contribution is 6.30. The quantitative estimate of drug-likeness (QED) is 0.785. The first-order valence-corrected chi connectivity index (χ1v) is 7.68. The summed E-state index contributed by atoms with van der Waals surface area (Å²) in [4.78, 5) is 12.3. The molecule has 2 rings (SSSR count). The number of carbonyl (C=O) groups is 1. The fourth-order valence-corrected chi connectivity index (χ4v) is 2.21. The average Bonchev–Trinajstić information content (AvgIpc) is 2.55. The number of carboxylic acid groups (broad SMARTS) is 1. The van der Waals surface area contributed by atoms with Gasteiger partial charge in [-0.05, 0) is 48.4 Å². The second kappa shape index (κ2) is 8.52. The monoisotopic (exact) mass is 353 g/mol. The van der Waals surface area contributed by atoms with E-state index in [1.54, 1.807) is 30.3 Å². The maximum absolute atomic E-state index is 14.2. The van der Waals surface area contributed by atoms with Gasteiger partial charge in [0, 0.05) is 24.7 Å². The Balaban J connectivity index is 2.08. The van der Waals surface area contributed by atoms with E-state index in [0.717, 1.165) is 4.90 Å². The van der Waals surface area contributed by atoms with Crippen LogP contribution in [0.15, 0.2) is 42.5 Å². The van der Waals surface area contributed by atoms with Crippen molar-refractivity contribution in [3.05, 3.63) is 58.9 Å². The van der Waals surface area contributed by atoms with Crippen LogP contribution in [0.5, 0.6) is 11.5 Å². The van der Waals surface area contributed by atoms with Crippen molar-refractivity contribution in [1.82, 2.24) is 4.90 Å². The zero-order chi connectivity index (χ0) is 17.5. The van der Waals surface area contributed by atoms with Crippen molar-refractivity contribution in [3.8, 4) is 11.5 Å². The van der Waals surface area contributed by atoms with Crippen LogP contribution in [0.1, 0.15) is 12.0 Å². The number of amides is 1. The molecule has 5 nitrogen and oxygen atoms in total. The van der Waals surface area contributed by atoms with E-state index in [2.05, 4.69) is 0 Å². The Kier molecular flexibility index (Phi) is 6.40. The van der Waals surface area contributed by atoms with Gasteiger partial charge in [-0.25, -0.2) is 9.18 Å². The molecule has 2 N–H and O–H groups in total. The maximum Gasteiger partial charge on any atom is 0.407 e. The molecule has 0 bridgehead atoms. The van der Waals surface area contributed by atoms with Gasteiger partial charge < -0.3 is 19.8 Å². The molecule has 2 aromatic carbocycles. The first-order chi connectivity index (χ1) is 11.5. The summed E-state index contributed by atoms with van der Waals surface area (Å²) in [5.41, 5.74) is 0.497. The summed E-state index contributed by atoms with van der Waals surface area (Å²) in [6.07, 6.45) is -0.794. The third-order valence-corrected chi connectivity index (χ3v) is 3.52. The molecule has 0 saturated carbocycles. The predicted octanol–water partition coefficient (Wildman–Crippen LogP) is 4.13. The van der Waals surface area contributed by atoms with Gasteiger partial charge in [0.1, 0.15) is 5.75 Å². The summed E-state index contributed by atoms with van der Waals surface area (Å²) in [7, 11) is 0. The van der Waals surface area contributed by atoms with Crippen molar-refractivity contribution in [2.24, 2.45) is 0 Å². The standard InChI is InChI=1S/C17H17ClFNO4/c18-13-3-5-14(6-4-13)24-16-7-2-12(10-15(16)19)11-20(17(22)23)8-1-9-21/h2-7,10,21H,1,8-9,11H2,(H,22,23). The van der Waals surface area contributed by atoms with Gasteiger partial charge >= 0.3 is 6.09 Å². The SMILES string of the molecule is O=C(O)N(CCCO)Cc1ccc(Oc2ccc(Cl)cc2)c(F)c1. The minimum Gasteiger partial charge on any atom is -0.465 e. The van der Waals surface area contributed by atoms with Crippen LogP contribution in [-0.2, 0) is 6.54 Å². The van der Waals surface area contributed by atoms with E-state index in [9.17, 15) is 9.18 Å². The normalized spacial score (nSPS) is 10.5. The van der Waals surface area contributed by atoms with Crippen LogP contribution in [0.2, 0.25) is 5.02 Å². The zero-order valence-electron chi connectivity index (χ0n) is 12.8. The molecule has 0 aliphatic rings. The lowest BCUT2D eigenvalue weighted by Crippen LogP contribution is -2.30. The second-order valence-electron chi connectivity index (χ2n) is 5.10. The van der Waals surface area contributed by atoms with Gasteiger partial charge in [-0.2, -0.15) is 0 Å². The molecule has 0 atom stereocenters. The molecule has 0 heterocycles. The summed E-state index contributed by atoms with van der Waals surface area (Å²) in [5.74, 6) is -0.102. The van der Waals surface area contributed by atoms with E-state index in [4.69, 9.17) is 26.6 Å². The highest BCUT2D eigenvalue weighted by atomic mass is 35.5. The molecule has 0 radical (unpaired) electrons. The fraction of sp³-hybridized carbons (Fsp3) is 0.235. The van der Waals surface area contributed by atoms with E-state index in [1.165, 1.54) is 12.1 Å². The third kappa shape index (κ3) is 5.11. The van der Waals surface area contributed by atoms with Gasteiger partial charge in [-0.3, -0.25) is 0 Å². The van der Waals surface area contributed by atoms with Crippen LogP contribution in [0.25, 0.3) is 0 Å². The number of aliphatic hydroxyl groups excluding tert-OH is 1. The molecule has 0 aromatic heterocycles. The minimum absolute atomic E-state index is 0.0352. The Hall–Kier alpha value is -2.31. The number of nitrogens with zero attached hydrogens (tertiary/aromatic N) is 1. The largest absolute Gasteiger partial charge is 0.465 e. The molecule has 0 saturated heterocycles. The lowest BCUT2D eigenvalue weighted by atomic mass is 10.2. The lowest BCUT2D eigenvalue weighted by molar-refractivity contribution is 0.137. The molecule has 7 heteroatoms. The van der Waals surface area contributed by atoms with Crippen molar-refractivity contribution in [3.63, 3.8) is 0 Å². The van der Waals surface area contributed by atoms with Crippen LogP contribution in [0.3, 0.4) is 0 Å². The highest BCUT2D eigenvalue weighted by Gasteiger charge is 2.13. The smallest absolute Gasteiger partial charge is 0.407 e. The molecule has 2 aromatic rings. The van der Waals surface area contributed by atoms with Crippen LogP contribution in [0, 0.1) is 5.82 Å². The number of ether oxygens (including phenoxy) is 1. The van der Waals surface area contributed by atoms with Crippen molar-refractivity contribution in [1.29, 1.82) is 0 Å². The van der Waals surface area contributed by atoms with Gasteiger partial charge in [0.15, 0.2) is 11.6 Å². The van der Waals surface area contributed by atoms with Gasteiger partial charge in [0.25, 0.3) is 0 Å². The first-order valence-electron chi connectivity index (χ1n) is 7.30. The van der Waals surface area contributed by atoms with Crippen LogP contribution in [0.4, 0.5) is 9.18 Å². The molecular weight excluding hydrogens is 337 g/mol. The van der Waals surface area contributed by atoms with Crippen LogP contribution < -0.4 is 4.74 Å². The number of benzene rings is 2. The second-order valence-corrected chi connectivity index (χ2v) is 5.54. The van der Waals surface area contributed by atoms with Crippen molar-refractivity contribution in [2.45, 2.75) is 13.0 Å². The summed E-state index contributed by atoms with van der Waals surface area (Å²) in [5, 5.41) is 18.5. The molecule has 0 aliphatic carbocycles. The van der Waals surface area contributed by atoms with Crippen LogP contribution >= 0.6 is 11.6 Å². The lowest BCUT2D eigenvalue weighted by Gasteiger charge is -2.19. The van der Waals surface area contributed by atoms with Gasteiger partial charge in [-0.15, -0.1) is 0 Å². The highest BCUT2D eigenvalue weighted by Crippen LogP contribution is 2.26. The van der Waals surface area contributed by atoms with Gasteiger partial charge in [0.05, 0.1) is 0 Å². The molecule has 0 aliphatic heterocycles. The van der Waals surface area contributed by atoms with E-state index in [-0.39, 0.29) is 25.4 Å². The topological polar surface area (TPSA) is 70.0 Å². The Morgan fingerprint density at radius 3 is 2.50 bits per heavy atom. The zero-order valence-corrected chi connectivity index (χ0v) is 13.5. The van der Waals surface area contributed by atoms with E-state index in [1.807, 2.05) is 0 Å². The summed E-state index contributed by atoms with van der Waals surface area (Å²) < 4.78 is 19.6. The molecule has 0 fully saturated rings. The average molecular weight is 354 g/mol. The maximum atomic E-state index is 14.2. The molecule has 1 amide bonds. The molecule has 0 spiro atoms. The number of aliphatic hydroxyl groups is 1. The van der Waals surface area contributed by atoms with E-state index >= 15 is 0 Å². The van der Waals surface area contributed by atoms with Crippen LogP contribution in [-0.4, -0.2) is 34.4 Å². The van der Waals surface area contributed by atoms with Crippen molar-refractivity contribution < 1.29 is 24.1 Å². The van der Waals surface area contributed by atoms with Gasteiger partial charge in [-0.1, -0.05) is 17.7 Å². The summed E-state index contributed by atoms with van der Waals surface area (Å²) in [6.45, 7) is 0.107. The fourth-order valence-electron chi connectivity index (χ4n) is 2.08. The Morgan fingerprint density at radius 2 is 1.92 bits per heavy atom.